The van der Waals surface area contributed by atoms with Gasteiger partial charge in [0.15, 0.2) is 0 Å². The minimum atomic E-state index is -0.256. The largest absolute Gasteiger partial charge is 0.491 e. The van der Waals surface area contributed by atoms with E-state index in [1.807, 2.05) is 37.7 Å². The summed E-state index contributed by atoms with van der Waals surface area (Å²) in [6.45, 7) is 6.74. The molecule has 178 valence electrons. The van der Waals surface area contributed by atoms with Gasteiger partial charge in [-0.2, -0.15) is 0 Å². The molecule has 32 heavy (non-hydrogen) atoms. The van der Waals surface area contributed by atoms with Crippen molar-refractivity contribution in [2.75, 3.05) is 59.8 Å². The first-order valence-electron chi connectivity index (χ1n) is 10.8. The van der Waals surface area contributed by atoms with Crippen molar-refractivity contribution in [1.82, 2.24) is 14.7 Å². The average molecular weight is 449 g/mol. The lowest BCUT2D eigenvalue weighted by Crippen LogP contribution is -2.50. The Morgan fingerprint density at radius 2 is 1.94 bits per heavy atom. The van der Waals surface area contributed by atoms with Crippen LogP contribution in [0.3, 0.4) is 0 Å². The van der Waals surface area contributed by atoms with Gasteiger partial charge in [0.05, 0.1) is 24.3 Å². The zero-order valence-corrected chi connectivity index (χ0v) is 20.2. The number of amides is 3. The maximum Gasteiger partial charge on any atom is 0.257 e. The molecule has 3 amide bonds. The van der Waals surface area contributed by atoms with E-state index in [1.54, 1.807) is 37.3 Å². The fourth-order valence-corrected chi connectivity index (χ4v) is 3.77. The van der Waals surface area contributed by atoms with Crippen LogP contribution in [0.15, 0.2) is 18.2 Å². The van der Waals surface area contributed by atoms with Crippen LogP contribution in [0.25, 0.3) is 0 Å². The third-order valence-corrected chi connectivity index (χ3v) is 5.54. The third-order valence-electron chi connectivity index (χ3n) is 5.54. The van der Waals surface area contributed by atoms with Gasteiger partial charge in [-0.05, 0) is 39.2 Å². The van der Waals surface area contributed by atoms with Crippen LogP contribution in [0.1, 0.15) is 31.1 Å². The Morgan fingerprint density at radius 1 is 1.25 bits per heavy atom. The van der Waals surface area contributed by atoms with Crippen LogP contribution in [0.5, 0.6) is 5.75 Å². The van der Waals surface area contributed by atoms with Gasteiger partial charge in [0.1, 0.15) is 12.4 Å². The van der Waals surface area contributed by atoms with Crippen molar-refractivity contribution in [3.63, 3.8) is 0 Å². The molecule has 0 radical (unpaired) electrons. The summed E-state index contributed by atoms with van der Waals surface area (Å²) in [5.41, 5.74) is 0.862. The summed E-state index contributed by atoms with van der Waals surface area (Å²) in [6, 6.07) is 4.77. The number of carbonyl (C=O) groups excluding carboxylic acids is 3. The minimum Gasteiger partial charge on any atom is -0.491 e. The van der Waals surface area contributed by atoms with E-state index in [0.717, 1.165) is 0 Å². The van der Waals surface area contributed by atoms with Crippen LogP contribution < -0.4 is 10.1 Å². The molecule has 0 unspecified atom stereocenters. The van der Waals surface area contributed by atoms with Crippen LogP contribution in [-0.2, 0) is 14.3 Å². The average Bonchev–Trinajstić information content (AvgIpc) is 2.71. The Kier molecular flexibility index (Phi) is 9.03. The molecule has 0 aromatic heterocycles. The van der Waals surface area contributed by atoms with E-state index in [0.29, 0.717) is 36.6 Å². The molecule has 1 aromatic carbocycles. The van der Waals surface area contributed by atoms with Crippen LogP contribution >= 0.6 is 0 Å². The Balaban J connectivity index is 2.44. The number of hydrogen-bond donors (Lipinski definition) is 1. The van der Waals surface area contributed by atoms with Crippen molar-refractivity contribution in [3.05, 3.63) is 23.8 Å². The number of hydrogen-bond acceptors (Lipinski definition) is 6. The number of nitrogens with zero attached hydrogens (tertiary/aromatic N) is 3. The molecule has 1 heterocycles. The summed E-state index contributed by atoms with van der Waals surface area (Å²) in [5.74, 6) is -0.0404. The quantitative estimate of drug-likeness (QED) is 0.751. The molecule has 1 aliphatic rings. The van der Waals surface area contributed by atoms with Crippen LogP contribution in [0.4, 0.5) is 5.69 Å². The summed E-state index contributed by atoms with van der Waals surface area (Å²) in [7, 11) is 7.05. The number of benzene rings is 1. The van der Waals surface area contributed by atoms with Crippen molar-refractivity contribution in [2.45, 2.75) is 32.9 Å². The van der Waals surface area contributed by atoms with Gasteiger partial charge in [0.25, 0.3) is 5.91 Å². The molecular formula is C23H36N4O5. The van der Waals surface area contributed by atoms with Crippen molar-refractivity contribution in [3.8, 4) is 5.75 Å². The number of nitrogens with one attached hydrogen (secondary N) is 1. The lowest BCUT2D eigenvalue weighted by molar-refractivity contribution is -0.136. The summed E-state index contributed by atoms with van der Waals surface area (Å²) in [4.78, 5) is 42.9. The molecule has 2 rings (SSSR count). The highest BCUT2D eigenvalue weighted by atomic mass is 16.5. The Bertz CT molecular complexity index is 829. The monoisotopic (exact) mass is 448 g/mol. The molecule has 1 aromatic rings. The smallest absolute Gasteiger partial charge is 0.257 e. The standard InChI is InChI=1S/C23H36N4O5/c1-15-11-27(22(29)13-25(4)5)16(2)14-32-20-9-8-18(24-17(3)28)10-19(20)23(30)26(6)12-21(15)31-7/h8-10,15-16,21H,11-14H2,1-7H3,(H,24,28)/t15-,16+,21-/m1/s1. The first-order valence-corrected chi connectivity index (χ1v) is 10.8. The molecule has 0 saturated heterocycles. The first-order chi connectivity index (χ1) is 15.0. The van der Waals surface area contributed by atoms with Gasteiger partial charge in [-0.25, -0.2) is 0 Å². The Labute approximate surface area is 190 Å². The van der Waals surface area contributed by atoms with Crippen LogP contribution in [0, 0.1) is 5.92 Å². The maximum atomic E-state index is 13.2. The number of likely N-dealkylation sites (N-methyl/N-ethyl adjacent to an activating group) is 2. The number of ether oxygens (including phenoxy) is 2. The number of fused-ring (bicyclic) bond motifs is 1. The highest BCUT2D eigenvalue weighted by Gasteiger charge is 2.30. The topological polar surface area (TPSA) is 91.4 Å². The van der Waals surface area contributed by atoms with E-state index in [9.17, 15) is 14.4 Å². The van der Waals surface area contributed by atoms with E-state index in [1.165, 1.54) is 6.92 Å². The number of rotatable bonds is 4. The zero-order chi connectivity index (χ0) is 24.0. The first kappa shape index (κ1) is 25.6. The summed E-state index contributed by atoms with van der Waals surface area (Å²) in [6.07, 6.45) is -0.256. The van der Waals surface area contributed by atoms with Gasteiger partial charge in [0, 0.05) is 45.8 Å². The molecule has 0 saturated carbocycles. The third kappa shape index (κ3) is 6.67. The zero-order valence-electron chi connectivity index (χ0n) is 20.2. The SMILES string of the molecule is CO[C@@H]1CN(C)C(=O)c2cc(NC(C)=O)ccc2OC[C@H](C)N(C(=O)CN(C)C)C[C@H]1C. The molecule has 3 atom stereocenters. The second kappa shape index (κ2) is 11.3. The molecule has 0 spiro atoms. The van der Waals surface area contributed by atoms with Crippen LogP contribution in [0.2, 0.25) is 0 Å². The lowest BCUT2D eigenvalue weighted by Gasteiger charge is -2.36. The highest BCUT2D eigenvalue weighted by molar-refractivity contribution is 5.99. The van der Waals surface area contributed by atoms with Gasteiger partial charge in [-0.1, -0.05) is 6.92 Å². The van der Waals surface area contributed by atoms with Crippen LogP contribution in [-0.4, -0.2) is 99.1 Å². The minimum absolute atomic E-state index is 0.00609. The summed E-state index contributed by atoms with van der Waals surface area (Å²) >= 11 is 0. The second-order valence-electron chi connectivity index (χ2n) is 8.77. The van der Waals surface area contributed by atoms with E-state index < -0.39 is 0 Å². The molecule has 1 N–H and O–H groups in total. The number of anilines is 1. The predicted octanol–water partition coefficient (Wildman–Crippen LogP) is 1.54. The highest BCUT2D eigenvalue weighted by Crippen LogP contribution is 2.26. The molecule has 0 fully saturated rings. The normalized spacial score (nSPS) is 22.5. The van der Waals surface area contributed by atoms with E-state index in [-0.39, 0.29) is 42.4 Å². The Morgan fingerprint density at radius 3 is 2.53 bits per heavy atom. The van der Waals surface area contributed by atoms with E-state index >= 15 is 0 Å². The fourth-order valence-electron chi connectivity index (χ4n) is 3.77. The molecule has 1 aliphatic heterocycles. The number of methoxy groups -OCH3 is 1. The van der Waals surface area contributed by atoms with E-state index in [2.05, 4.69) is 5.32 Å². The van der Waals surface area contributed by atoms with Gasteiger partial charge in [0.2, 0.25) is 11.8 Å². The second-order valence-corrected chi connectivity index (χ2v) is 8.77. The molecule has 0 bridgehead atoms. The van der Waals surface area contributed by atoms with Crippen molar-refractivity contribution in [1.29, 1.82) is 0 Å². The lowest BCUT2D eigenvalue weighted by atomic mass is 10.0. The fraction of sp³-hybridized carbons (Fsp3) is 0.609. The van der Waals surface area contributed by atoms with Gasteiger partial charge >= 0.3 is 0 Å². The number of carbonyl (C=O) groups is 3. The van der Waals surface area contributed by atoms with Crippen molar-refractivity contribution < 1.29 is 23.9 Å². The van der Waals surface area contributed by atoms with Gasteiger partial charge < -0.3 is 29.5 Å². The molecule has 0 aliphatic carbocycles. The van der Waals surface area contributed by atoms with Gasteiger partial charge in [-0.15, -0.1) is 0 Å². The van der Waals surface area contributed by atoms with Gasteiger partial charge in [-0.3, -0.25) is 14.4 Å². The Hall–Kier alpha value is -2.65. The molecular weight excluding hydrogens is 412 g/mol. The molecule has 9 nitrogen and oxygen atoms in total. The summed E-state index contributed by atoms with van der Waals surface area (Å²) in [5, 5.41) is 2.71. The maximum absolute atomic E-state index is 13.2. The van der Waals surface area contributed by atoms with Crippen molar-refractivity contribution >= 4 is 23.4 Å². The van der Waals surface area contributed by atoms with Crippen molar-refractivity contribution in [2.24, 2.45) is 5.92 Å². The predicted molar refractivity (Wildman–Crippen MR) is 123 cm³/mol. The summed E-state index contributed by atoms with van der Waals surface area (Å²) < 4.78 is 11.7. The van der Waals surface area contributed by atoms with E-state index in [4.69, 9.17) is 9.47 Å². The molecule has 9 heteroatoms.